The lowest BCUT2D eigenvalue weighted by atomic mass is 10.1. The van der Waals surface area contributed by atoms with Gasteiger partial charge in [0.2, 0.25) is 0 Å². The number of hydrogen-bond acceptors (Lipinski definition) is 4. The van der Waals surface area contributed by atoms with Gasteiger partial charge in [-0.3, -0.25) is 4.79 Å². The monoisotopic (exact) mass is 314 g/mol. The maximum absolute atomic E-state index is 12.6. The van der Waals surface area contributed by atoms with E-state index in [1.807, 2.05) is 0 Å². The summed E-state index contributed by atoms with van der Waals surface area (Å²) in [6.45, 7) is 1.48. The van der Waals surface area contributed by atoms with Gasteiger partial charge in [0.05, 0.1) is 11.3 Å². The lowest BCUT2D eigenvalue weighted by Crippen LogP contribution is -2.35. The number of halogens is 1. The topological polar surface area (TPSA) is 79.9 Å². The molecule has 1 amide bonds. The molecule has 1 aliphatic heterocycles. The molecule has 0 saturated carbocycles. The second-order valence-electron chi connectivity index (χ2n) is 4.97. The largest absolute Gasteiger partial charge is 0.359 e. The Morgan fingerprint density at radius 2 is 1.91 bits per heavy atom. The number of allylic oxidation sites excluding steroid dienone is 1. The van der Waals surface area contributed by atoms with Crippen molar-refractivity contribution in [2.45, 2.75) is 19.3 Å². The van der Waals surface area contributed by atoms with Crippen molar-refractivity contribution in [2.24, 2.45) is 0 Å². The fourth-order valence-electron chi connectivity index (χ4n) is 2.33. The molecule has 1 N–H and O–H groups in total. The number of carbonyl (C=O) groups excluding carboxylic acids is 1. The van der Waals surface area contributed by atoms with E-state index in [9.17, 15) is 4.79 Å². The van der Waals surface area contributed by atoms with Crippen LogP contribution in [0.4, 0.5) is 5.69 Å². The number of nitrogens with zero attached hydrogens (tertiary/aromatic N) is 3. The average Bonchev–Trinajstić information content (AvgIpc) is 2.57. The van der Waals surface area contributed by atoms with Crippen LogP contribution in [-0.4, -0.2) is 23.9 Å². The summed E-state index contributed by atoms with van der Waals surface area (Å²) < 4.78 is 0. The summed E-state index contributed by atoms with van der Waals surface area (Å²) in [6.07, 6.45) is 4.43. The number of carbonyl (C=O) groups is 1. The molecule has 1 aliphatic rings. The molecule has 22 heavy (non-hydrogen) atoms. The van der Waals surface area contributed by atoms with Gasteiger partial charge in [-0.25, -0.2) is 0 Å². The van der Waals surface area contributed by atoms with Crippen molar-refractivity contribution in [2.75, 3.05) is 18.4 Å². The maximum atomic E-state index is 12.6. The van der Waals surface area contributed by atoms with E-state index in [1.54, 1.807) is 35.2 Å². The van der Waals surface area contributed by atoms with Crippen LogP contribution in [0.15, 0.2) is 30.0 Å². The second-order valence-corrected chi connectivity index (χ2v) is 5.41. The van der Waals surface area contributed by atoms with Crippen LogP contribution < -0.4 is 5.32 Å². The first-order chi connectivity index (χ1) is 10.7. The van der Waals surface area contributed by atoms with Gasteiger partial charge < -0.3 is 10.2 Å². The Bertz CT molecular complexity index is 662. The van der Waals surface area contributed by atoms with Gasteiger partial charge in [-0.2, -0.15) is 10.5 Å². The van der Waals surface area contributed by atoms with Crippen LogP contribution in [-0.2, 0) is 0 Å². The van der Waals surface area contributed by atoms with E-state index >= 15 is 0 Å². The number of nitriles is 2. The minimum absolute atomic E-state index is 0.0636. The Hall–Kier alpha value is -2.50. The van der Waals surface area contributed by atoms with Gasteiger partial charge in [-0.15, -0.1) is 0 Å². The highest BCUT2D eigenvalue weighted by atomic mass is 35.5. The number of hydrogen-bond donors (Lipinski definition) is 1. The molecule has 1 aromatic carbocycles. The Morgan fingerprint density at radius 3 is 2.55 bits per heavy atom. The minimum atomic E-state index is -0.0893. The molecular formula is C16H15ClN4O. The first-order valence-electron chi connectivity index (χ1n) is 7.01. The summed E-state index contributed by atoms with van der Waals surface area (Å²) in [5, 5.41) is 20.8. The van der Waals surface area contributed by atoms with Gasteiger partial charge in [-0.1, -0.05) is 11.6 Å². The van der Waals surface area contributed by atoms with E-state index in [0.717, 1.165) is 32.4 Å². The molecule has 0 atom stereocenters. The highest BCUT2D eigenvalue weighted by Crippen LogP contribution is 2.24. The summed E-state index contributed by atoms with van der Waals surface area (Å²) >= 11 is 6.00. The quantitative estimate of drug-likeness (QED) is 0.868. The molecule has 1 heterocycles. The van der Waals surface area contributed by atoms with Crippen molar-refractivity contribution in [3.63, 3.8) is 0 Å². The molecule has 0 aromatic heterocycles. The van der Waals surface area contributed by atoms with Gasteiger partial charge in [-0.05, 0) is 37.5 Å². The molecule has 6 heteroatoms. The smallest absolute Gasteiger partial charge is 0.256 e. The highest BCUT2D eigenvalue weighted by molar-refractivity contribution is 6.31. The van der Waals surface area contributed by atoms with Crippen molar-refractivity contribution >= 4 is 23.2 Å². The number of amides is 1. The average molecular weight is 315 g/mol. The van der Waals surface area contributed by atoms with Crippen LogP contribution in [0.25, 0.3) is 0 Å². The highest BCUT2D eigenvalue weighted by Gasteiger charge is 2.21. The van der Waals surface area contributed by atoms with Crippen LogP contribution in [0.2, 0.25) is 5.02 Å². The van der Waals surface area contributed by atoms with Crippen molar-refractivity contribution in [1.29, 1.82) is 10.5 Å². The second kappa shape index (κ2) is 7.49. The van der Waals surface area contributed by atoms with E-state index in [-0.39, 0.29) is 11.5 Å². The molecule has 1 fully saturated rings. The van der Waals surface area contributed by atoms with Gasteiger partial charge in [0, 0.05) is 24.3 Å². The van der Waals surface area contributed by atoms with Crippen molar-refractivity contribution in [3.05, 3.63) is 40.6 Å². The maximum Gasteiger partial charge on any atom is 0.256 e. The van der Waals surface area contributed by atoms with Gasteiger partial charge in [0.1, 0.15) is 17.7 Å². The first-order valence-corrected chi connectivity index (χ1v) is 7.39. The number of benzene rings is 1. The molecule has 0 unspecified atom stereocenters. The zero-order valence-electron chi connectivity index (χ0n) is 12.0. The molecule has 2 rings (SSSR count). The van der Waals surface area contributed by atoms with Crippen LogP contribution in [0.1, 0.15) is 29.6 Å². The SMILES string of the molecule is N#CC(C#N)=CNc1ccc(Cl)cc1C(=O)N1CCCCC1. The zero-order valence-corrected chi connectivity index (χ0v) is 12.7. The lowest BCUT2D eigenvalue weighted by molar-refractivity contribution is 0.0725. The van der Waals surface area contributed by atoms with Crippen LogP contribution in [0, 0.1) is 22.7 Å². The van der Waals surface area contributed by atoms with E-state index in [2.05, 4.69) is 5.32 Å². The number of rotatable bonds is 3. The van der Waals surface area contributed by atoms with Gasteiger partial charge in [0.25, 0.3) is 5.91 Å². The Labute approximate surface area is 134 Å². The number of likely N-dealkylation sites (tertiary alicyclic amines) is 1. The summed E-state index contributed by atoms with van der Waals surface area (Å²) in [6, 6.07) is 8.45. The van der Waals surface area contributed by atoms with E-state index < -0.39 is 0 Å². The Morgan fingerprint density at radius 1 is 1.23 bits per heavy atom. The normalized spacial score (nSPS) is 13.7. The summed E-state index contributed by atoms with van der Waals surface area (Å²) in [7, 11) is 0. The molecule has 0 bridgehead atoms. The Balaban J connectivity index is 2.28. The number of piperidine rings is 1. The van der Waals surface area contributed by atoms with Crippen molar-refractivity contribution in [1.82, 2.24) is 4.90 Å². The van der Waals surface area contributed by atoms with E-state index in [0.29, 0.717) is 16.3 Å². The number of nitrogens with one attached hydrogen (secondary N) is 1. The molecule has 1 saturated heterocycles. The summed E-state index contributed by atoms with van der Waals surface area (Å²) in [5.41, 5.74) is 0.912. The molecule has 1 aromatic rings. The lowest BCUT2D eigenvalue weighted by Gasteiger charge is -2.27. The Kier molecular flexibility index (Phi) is 5.41. The first kappa shape index (κ1) is 15.9. The molecule has 0 spiro atoms. The van der Waals surface area contributed by atoms with Crippen LogP contribution >= 0.6 is 11.6 Å². The third kappa shape index (κ3) is 3.78. The molecule has 112 valence electrons. The van der Waals surface area contributed by atoms with E-state index in [1.165, 1.54) is 6.20 Å². The van der Waals surface area contributed by atoms with Gasteiger partial charge in [0.15, 0.2) is 0 Å². The van der Waals surface area contributed by atoms with Gasteiger partial charge >= 0.3 is 0 Å². The summed E-state index contributed by atoms with van der Waals surface area (Å²) in [4.78, 5) is 14.4. The third-order valence-electron chi connectivity index (χ3n) is 3.47. The zero-order chi connectivity index (χ0) is 15.9. The minimum Gasteiger partial charge on any atom is -0.359 e. The molecular weight excluding hydrogens is 300 g/mol. The predicted molar refractivity (Wildman–Crippen MR) is 84.1 cm³/mol. The molecule has 0 radical (unpaired) electrons. The molecule has 0 aliphatic carbocycles. The van der Waals surface area contributed by atoms with Crippen molar-refractivity contribution < 1.29 is 4.79 Å². The fraction of sp³-hybridized carbons (Fsp3) is 0.312. The standard InChI is InChI=1S/C16H15ClN4O/c17-13-4-5-15(20-11-12(9-18)10-19)14(8-13)16(22)21-6-2-1-3-7-21/h4-5,8,11,20H,1-3,6-7H2. The summed E-state index contributed by atoms with van der Waals surface area (Å²) in [5.74, 6) is -0.0893. The molecule has 5 nitrogen and oxygen atoms in total. The predicted octanol–water partition coefficient (Wildman–Crippen LogP) is 3.31. The van der Waals surface area contributed by atoms with E-state index in [4.69, 9.17) is 22.1 Å². The van der Waals surface area contributed by atoms with Crippen molar-refractivity contribution in [3.8, 4) is 12.1 Å². The third-order valence-corrected chi connectivity index (χ3v) is 3.70. The fourth-order valence-corrected chi connectivity index (χ4v) is 2.50. The van der Waals surface area contributed by atoms with Crippen LogP contribution in [0.5, 0.6) is 0 Å². The number of anilines is 1. The van der Waals surface area contributed by atoms with Crippen LogP contribution in [0.3, 0.4) is 0 Å².